The molecule has 1 fully saturated rings. The smallest absolute Gasteiger partial charge is 0.265 e. The molecule has 3 rings (SSSR count). The normalized spacial score (nSPS) is 16.5. The number of carbonyl (C=O) groups is 3. The SMILES string of the molecule is CCOc1cccc(N2C(=O)C[C@@H](NNC(=O)c3ccc(Cl)cc3)C2=O)c1. The van der Waals surface area contributed by atoms with Crippen LogP contribution in [0.25, 0.3) is 0 Å². The van der Waals surface area contributed by atoms with Crippen LogP contribution in [0, 0.1) is 0 Å². The van der Waals surface area contributed by atoms with E-state index in [1.165, 1.54) is 0 Å². The molecular weight excluding hydrogens is 370 g/mol. The lowest BCUT2D eigenvalue weighted by Crippen LogP contribution is -2.48. The highest BCUT2D eigenvalue weighted by atomic mass is 35.5. The molecule has 7 nitrogen and oxygen atoms in total. The lowest BCUT2D eigenvalue weighted by atomic mass is 10.2. The Hall–Kier alpha value is -2.90. The van der Waals surface area contributed by atoms with Crippen molar-refractivity contribution in [3.63, 3.8) is 0 Å². The Morgan fingerprint density at radius 2 is 1.96 bits per heavy atom. The summed E-state index contributed by atoms with van der Waals surface area (Å²) in [7, 11) is 0. The molecule has 0 aliphatic carbocycles. The number of hydrazine groups is 1. The van der Waals surface area contributed by atoms with Gasteiger partial charge in [0.15, 0.2) is 0 Å². The van der Waals surface area contributed by atoms with Crippen LogP contribution in [0.15, 0.2) is 48.5 Å². The van der Waals surface area contributed by atoms with E-state index in [1.807, 2.05) is 6.92 Å². The molecule has 1 aliphatic heterocycles. The molecule has 8 heteroatoms. The van der Waals surface area contributed by atoms with Crippen LogP contribution in [-0.2, 0) is 9.59 Å². The Balaban J connectivity index is 1.66. The highest BCUT2D eigenvalue weighted by molar-refractivity contribution is 6.30. The Bertz CT molecular complexity index is 870. The molecule has 0 unspecified atom stereocenters. The maximum Gasteiger partial charge on any atom is 0.265 e. The molecule has 3 amide bonds. The number of imide groups is 1. The number of halogens is 1. The number of nitrogens with zero attached hydrogens (tertiary/aromatic N) is 1. The third kappa shape index (κ3) is 4.27. The summed E-state index contributed by atoms with van der Waals surface area (Å²) < 4.78 is 5.41. The number of ether oxygens (including phenoxy) is 1. The van der Waals surface area contributed by atoms with Gasteiger partial charge in [-0.15, -0.1) is 0 Å². The summed E-state index contributed by atoms with van der Waals surface area (Å²) in [6.07, 6.45) is -0.0570. The van der Waals surface area contributed by atoms with E-state index in [1.54, 1.807) is 48.5 Å². The molecule has 0 radical (unpaired) electrons. The van der Waals surface area contributed by atoms with Gasteiger partial charge in [0.1, 0.15) is 11.8 Å². The summed E-state index contributed by atoms with van der Waals surface area (Å²) in [5.41, 5.74) is 5.91. The third-order valence-corrected chi connectivity index (χ3v) is 4.25. The number of anilines is 1. The van der Waals surface area contributed by atoms with Crippen molar-refractivity contribution in [1.82, 2.24) is 10.9 Å². The van der Waals surface area contributed by atoms with E-state index in [0.29, 0.717) is 28.6 Å². The first-order chi connectivity index (χ1) is 13.0. The molecule has 0 bridgehead atoms. The number of nitrogens with one attached hydrogen (secondary N) is 2. The molecule has 27 heavy (non-hydrogen) atoms. The number of hydrogen-bond donors (Lipinski definition) is 2. The van der Waals surface area contributed by atoms with Gasteiger partial charge in [-0.3, -0.25) is 19.8 Å². The van der Waals surface area contributed by atoms with E-state index < -0.39 is 17.9 Å². The molecule has 0 aromatic heterocycles. The maximum atomic E-state index is 12.6. The Morgan fingerprint density at radius 1 is 1.22 bits per heavy atom. The fraction of sp³-hybridized carbons (Fsp3) is 0.211. The molecular formula is C19H18ClN3O4. The Labute approximate surface area is 161 Å². The standard InChI is InChI=1S/C19H18ClN3O4/c1-2-27-15-5-3-4-14(10-15)23-17(24)11-16(19(23)26)21-22-18(25)12-6-8-13(20)9-7-12/h3-10,16,21H,2,11H2,1H3,(H,22,25)/t16-/m1/s1. The molecule has 1 saturated heterocycles. The van der Waals surface area contributed by atoms with Crippen molar-refractivity contribution >= 4 is 35.0 Å². The van der Waals surface area contributed by atoms with Crippen LogP contribution >= 0.6 is 11.6 Å². The lowest BCUT2D eigenvalue weighted by Gasteiger charge is -2.17. The maximum absolute atomic E-state index is 12.6. The molecule has 2 N–H and O–H groups in total. The summed E-state index contributed by atoms with van der Waals surface area (Å²) in [6, 6.07) is 12.2. The van der Waals surface area contributed by atoms with Gasteiger partial charge in [0.2, 0.25) is 5.91 Å². The van der Waals surface area contributed by atoms with E-state index in [-0.39, 0.29) is 12.3 Å². The van der Waals surface area contributed by atoms with Crippen molar-refractivity contribution in [1.29, 1.82) is 0 Å². The van der Waals surface area contributed by atoms with E-state index in [9.17, 15) is 14.4 Å². The monoisotopic (exact) mass is 387 g/mol. The first kappa shape index (κ1) is 18.9. The average Bonchev–Trinajstić information content (AvgIpc) is 2.94. The van der Waals surface area contributed by atoms with Gasteiger partial charge in [-0.2, -0.15) is 0 Å². The molecule has 2 aromatic carbocycles. The quantitative estimate of drug-likeness (QED) is 0.586. The minimum Gasteiger partial charge on any atom is -0.494 e. The summed E-state index contributed by atoms with van der Waals surface area (Å²) in [6.45, 7) is 2.33. The molecule has 0 saturated carbocycles. The largest absolute Gasteiger partial charge is 0.494 e. The van der Waals surface area contributed by atoms with Crippen LogP contribution < -0.4 is 20.5 Å². The van der Waals surface area contributed by atoms with Crippen molar-refractivity contribution in [3.8, 4) is 5.75 Å². The Kier molecular flexibility index (Phi) is 5.73. The van der Waals surface area contributed by atoms with Gasteiger partial charge < -0.3 is 4.74 Å². The van der Waals surface area contributed by atoms with Gasteiger partial charge in [-0.05, 0) is 43.3 Å². The van der Waals surface area contributed by atoms with Crippen molar-refractivity contribution in [2.75, 3.05) is 11.5 Å². The zero-order chi connectivity index (χ0) is 19.4. The molecule has 1 aliphatic rings. The second-order valence-electron chi connectivity index (χ2n) is 5.86. The summed E-state index contributed by atoms with van der Waals surface area (Å²) in [5, 5.41) is 0.515. The van der Waals surface area contributed by atoms with Crippen molar-refractivity contribution in [3.05, 3.63) is 59.1 Å². The van der Waals surface area contributed by atoms with Crippen molar-refractivity contribution < 1.29 is 19.1 Å². The van der Waals surface area contributed by atoms with Crippen LogP contribution in [0.5, 0.6) is 5.75 Å². The molecule has 0 spiro atoms. The second-order valence-corrected chi connectivity index (χ2v) is 6.30. The van der Waals surface area contributed by atoms with Gasteiger partial charge >= 0.3 is 0 Å². The van der Waals surface area contributed by atoms with E-state index in [0.717, 1.165) is 4.90 Å². The number of hydrogen-bond acceptors (Lipinski definition) is 5. The zero-order valence-electron chi connectivity index (χ0n) is 14.6. The molecule has 1 atom stereocenters. The molecule has 2 aromatic rings. The first-order valence-corrected chi connectivity index (χ1v) is 8.78. The second kappa shape index (κ2) is 8.20. The minimum atomic E-state index is -0.843. The highest BCUT2D eigenvalue weighted by Gasteiger charge is 2.39. The van der Waals surface area contributed by atoms with Gasteiger partial charge in [0.05, 0.1) is 18.7 Å². The van der Waals surface area contributed by atoms with E-state index in [4.69, 9.17) is 16.3 Å². The minimum absolute atomic E-state index is 0.0570. The average molecular weight is 388 g/mol. The van der Waals surface area contributed by atoms with Gasteiger partial charge in [-0.1, -0.05) is 17.7 Å². The summed E-state index contributed by atoms with van der Waals surface area (Å²) in [4.78, 5) is 38.1. The van der Waals surface area contributed by atoms with Gasteiger partial charge in [0.25, 0.3) is 11.8 Å². The first-order valence-electron chi connectivity index (χ1n) is 8.40. The van der Waals surface area contributed by atoms with Crippen molar-refractivity contribution in [2.24, 2.45) is 0 Å². The number of amides is 3. The van der Waals surface area contributed by atoms with Crippen LogP contribution in [0.3, 0.4) is 0 Å². The topological polar surface area (TPSA) is 87.7 Å². The molecule has 140 valence electrons. The number of rotatable bonds is 6. The van der Waals surface area contributed by atoms with Crippen LogP contribution in [0.2, 0.25) is 5.02 Å². The zero-order valence-corrected chi connectivity index (χ0v) is 15.3. The van der Waals surface area contributed by atoms with Crippen molar-refractivity contribution in [2.45, 2.75) is 19.4 Å². The Morgan fingerprint density at radius 3 is 2.67 bits per heavy atom. The third-order valence-electron chi connectivity index (χ3n) is 4.00. The van der Waals surface area contributed by atoms with Crippen LogP contribution in [-0.4, -0.2) is 30.4 Å². The highest BCUT2D eigenvalue weighted by Crippen LogP contribution is 2.26. The predicted molar refractivity (Wildman–Crippen MR) is 101 cm³/mol. The van der Waals surface area contributed by atoms with Crippen LogP contribution in [0.4, 0.5) is 5.69 Å². The summed E-state index contributed by atoms with van der Waals surface area (Å²) >= 11 is 5.79. The van der Waals surface area contributed by atoms with E-state index >= 15 is 0 Å². The number of carbonyl (C=O) groups excluding carboxylic acids is 3. The van der Waals surface area contributed by atoms with Gasteiger partial charge in [-0.25, -0.2) is 10.3 Å². The van der Waals surface area contributed by atoms with Crippen LogP contribution in [0.1, 0.15) is 23.7 Å². The lowest BCUT2D eigenvalue weighted by molar-refractivity contribution is -0.121. The summed E-state index contributed by atoms with van der Waals surface area (Å²) in [5.74, 6) is -0.649. The van der Waals surface area contributed by atoms with E-state index in [2.05, 4.69) is 10.9 Å². The van der Waals surface area contributed by atoms with Gasteiger partial charge in [0, 0.05) is 16.7 Å². The predicted octanol–water partition coefficient (Wildman–Crippen LogP) is 2.31. The molecule has 1 heterocycles. The number of benzene rings is 2. The fourth-order valence-corrected chi connectivity index (χ4v) is 2.85. The fourth-order valence-electron chi connectivity index (χ4n) is 2.72.